The van der Waals surface area contributed by atoms with Crippen LogP contribution in [0.5, 0.6) is 0 Å². The minimum Gasteiger partial charge on any atom is -0.368 e. The summed E-state index contributed by atoms with van der Waals surface area (Å²) in [6.45, 7) is 0. The maximum Gasteiger partial charge on any atom is 0.287 e. The predicted octanol–water partition coefficient (Wildman–Crippen LogP) is 0.855. The van der Waals surface area contributed by atoms with Crippen LogP contribution in [0.1, 0.15) is 16.8 Å². The molecule has 0 radical (unpaired) electrons. The number of amides is 2. The highest BCUT2D eigenvalue weighted by Gasteiger charge is 2.20. The van der Waals surface area contributed by atoms with Crippen molar-refractivity contribution in [2.75, 3.05) is 0 Å². The number of carbonyl (C=O) groups is 2. The van der Waals surface area contributed by atoms with Gasteiger partial charge in [0, 0.05) is 18.1 Å². The minimum atomic E-state index is -1.01. The zero-order valence-electron chi connectivity index (χ0n) is 10.1. The van der Waals surface area contributed by atoms with E-state index in [0.29, 0.717) is 0 Å². The Morgan fingerprint density at radius 1 is 1.55 bits per heavy atom. The molecule has 0 aliphatic heterocycles. The maximum atomic E-state index is 11.9. The molecule has 0 saturated heterocycles. The molecular weight excluding hydrogens is 286 g/mol. The lowest BCUT2D eigenvalue weighted by molar-refractivity contribution is -0.384. The zero-order valence-corrected chi connectivity index (χ0v) is 10.9. The molecule has 0 aromatic heterocycles. The molecule has 0 spiro atoms. The van der Waals surface area contributed by atoms with Crippen LogP contribution < -0.4 is 11.1 Å². The largest absolute Gasteiger partial charge is 0.368 e. The number of primary amides is 1. The van der Waals surface area contributed by atoms with E-state index in [2.05, 4.69) is 11.2 Å². The smallest absolute Gasteiger partial charge is 0.287 e. The number of benzene rings is 1. The molecule has 0 aliphatic rings. The van der Waals surface area contributed by atoms with Gasteiger partial charge in [-0.05, 0) is 12.1 Å². The molecule has 2 amide bonds. The van der Waals surface area contributed by atoms with E-state index in [4.69, 9.17) is 23.8 Å². The second kappa shape index (κ2) is 6.54. The van der Waals surface area contributed by atoms with Crippen LogP contribution in [0, 0.1) is 22.5 Å². The van der Waals surface area contributed by atoms with Gasteiger partial charge in [0.15, 0.2) is 0 Å². The summed E-state index contributed by atoms with van der Waals surface area (Å²) in [5.74, 6) is 0.785. The highest BCUT2D eigenvalue weighted by molar-refractivity contribution is 6.33. The van der Waals surface area contributed by atoms with Gasteiger partial charge in [0.1, 0.15) is 11.1 Å². The Kier molecular flexibility index (Phi) is 5.06. The Morgan fingerprint density at radius 2 is 2.20 bits per heavy atom. The molecule has 0 fully saturated rings. The molecule has 3 N–H and O–H groups in total. The van der Waals surface area contributed by atoms with E-state index in [-0.39, 0.29) is 22.7 Å². The lowest BCUT2D eigenvalue weighted by atomic mass is 10.1. The zero-order chi connectivity index (χ0) is 15.3. The van der Waals surface area contributed by atoms with Crippen LogP contribution in [0.15, 0.2) is 18.2 Å². The fourth-order valence-electron chi connectivity index (χ4n) is 1.38. The first-order chi connectivity index (χ1) is 9.36. The SMILES string of the molecule is C#CC[C@@H](NC(=O)c1ccc([N+](=O)[O-])c(Cl)c1)C(N)=O. The monoisotopic (exact) mass is 295 g/mol. The van der Waals surface area contributed by atoms with E-state index >= 15 is 0 Å². The third kappa shape index (κ3) is 3.70. The Hall–Kier alpha value is -2.59. The Morgan fingerprint density at radius 3 is 2.65 bits per heavy atom. The van der Waals surface area contributed by atoms with Gasteiger partial charge >= 0.3 is 0 Å². The van der Waals surface area contributed by atoms with Crippen LogP contribution in [-0.4, -0.2) is 22.8 Å². The van der Waals surface area contributed by atoms with Crippen LogP contribution in [0.3, 0.4) is 0 Å². The van der Waals surface area contributed by atoms with Gasteiger partial charge < -0.3 is 11.1 Å². The molecule has 1 aromatic rings. The molecule has 0 aliphatic carbocycles. The van der Waals surface area contributed by atoms with Gasteiger partial charge in [-0.25, -0.2) is 0 Å². The molecule has 104 valence electrons. The Balaban J connectivity index is 2.93. The van der Waals surface area contributed by atoms with E-state index < -0.39 is 22.8 Å². The average molecular weight is 296 g/mol. The molecule has 7 nitrogen and oxygen atoms in total. The standard InChI is InChI=1S/C12H10ClN3O4/c1-2-3-9(11(14)17)15-12(18)7-4-5-10(16(19)20)8(13)6-7/h1,4-6,9H,3H2,(H2,14,17)(H,15,18)/t9-/m1/s1. The van der Waals surface area contributed by atoms with Crippen LogP contribution in [0.2, 0.25) is 5.02 Å². The average Bonchev–Trinajstić information content (AvgIpc) is 2.37. The topological polar surface area (TPSA) is 115 Å². The number of hydrogen-bond donors (Lipinski definition) is 2. The summed E-state index contributed by atoms with van der Waals surface area (Å²) in [5, 5.41) is 12.7. The van der Waals surface area contributed by atoms with Gasteiger partial charge in [-0.3, -0.25) is 19.7 Å². The quantitative estimate of drug-likeness (QED) is 0.476. The minimum absolute atomic E-state index is 0.0538. The van der Waals surface area contributed by atoms with E-state index in [1.807, 2.05) is 0 Å². The van der Waals surface area contributed by atoms with Gasteiger partial charge in [0.05, 0.1) is 4.92 Å². The summed E-state index contributed by atoms with van der Waals surface area (Å²) in [7, 11) is 0. The highest BCUT2D eigenvalue weighted by atomic mass is 35.5. The second-order valence-electron chi connectivity index (χ2n) is 3.76. The van der Waals surface area contributed by atoms with Crippen molar-refractivity contribution >= 4 is 29.1 Å². The summed E-state index contributed by atoms with van der Waals surface area (Å²) in [4.78, 5) is 32.8. The van der Waals surface area contributed by atoms with Gasteiger partial charge in [0.2, 0.25) is 5.91 Å². The number of nitro benzene ring substituents is 1. The number of nitrogens with two attached hydrogens (primary N) is 1. The molecule has 0 saturated carbocycles. The summed E-state index contributed by atoms with van der Waals surface area (Å²) < 4.78 is 0. The van der Waals surface area contributed by atoms with Gasteiger partial charge in [0.25, 0.3) is 11.6 Å². The molecule has 0 bridgehead atoms. The van der Waals surface area contributed by atoms with Crippen LogP contribution in [-0.2, 0) is 4.79 Å². The van der Waals surface area contributed by atoms with Crippen molar-refractivity contribution in [2.45, 2.75) is 12.5 Å². The molecular formula is C12H10ClN3O4. The summed E-state index contributed by atoms with van der Waals surface area (Å²) in [5.41, 5.74) is 4.82. The third-order valence-corrected chi connectivity index (χ3v) is 2.68. The maximum absolute atomic E-state index is 11.9. The van der Waals surface area contributed by atoms with E-state index in [0.717, 1.165) is 12.1 Å². The number of nitrogens with zero attached hydrogens (tertiary/aromatic N) is 1. The lowest BCUT2D eigenvalue weighted by Gasteiger charge is -2.12. The first-order valence-electron chi connectivity index (χ1n) is 5.34. The molecule has 1 aromatic carbocycles. The first kappa shape index (κ1) is 15.5. The summed E-state index contributed by atoms with van der Waals surface area (Å²) in [6, 6.07) is 2.43. The van der Waals surface area contributed by atoms with Gasteiger partial charge in [-0.1, -0.05) is 11.6 Å². The fourth-order valence-corrected chi connectivity index (χ4v) is 1.63. The van der Waals surface area contributed by atoms with Crippen molar-refractivity contribution in [1.29, 1.82) is 0 Å². The van der Waals surface area contributed by atoms with Crippen LogP contribution >= 0.6 is 11.6 Å². The lowest BCUT2D eigenvalue weighted by Crippen LogP contribution is -2.44. The number of halogens is 1. The number of nitro groups is 1. The van der Waals surface area contributed by atoms with Crippen molar-refractivity contribution in [1.82, 2.24) is 5.32 Å². The summed E-state index contributed by atoms with van der Waals surface area (Å²) >= 11 is 5.68. The Labute approximate surface area is 119 Å². The van der Waals surface area contributed by atoms with Gasteiger partial charge in [-0.15, -0.1) is 12.3 Å². The molecule has 20 heavy (non-hydrogen) atoms. The fraction of sp³-hybridized carbons (Fsp3) is 0.167. The molecule has 1 rings (SSSR count). The number of carbonyl (C=O) groups excluding carboxylic acids is 2. The van der Waals surface area contributed by atoms with Crippen molar-refractivity contribution in [3.05, 3.63) is 38.9 Å². The van der Waals surface area contributed by atoms with Crippen molar-refractivity contribution in [3.8, 4) is 12.3 Å². The summed E-state index contributed by atoms with van der Waals surface area (Å²) in [6.07, 6.45) is 5.00. The van der Waals surface area contributed by atoms with E-state index in [1.165, 1.54) is 6.07 Å². The van der Waals surface area contributed by atoms with Crippen molar-refractivity contribution in [2.24, 2.45) is 5.73 Å². The first-order valence-corrected chi connectivity index (χ1v) is 5.72. The van der Waals surface area contributed by atoms with Gasteiger partial charge in [-0.2, -0.15) is 0 Å². The normalized spacial score (nSPS) is 11.2. The Bertz CT molecular complexity index is 609. The molecule has 8 heteroatoms. The third-order valence-electron chi connectivity index (χ3n) is 2.38. The van der Waals surface area contributed by atoms with Crippen molar-refractivity contribution in [3.63, 3.8) is 0 Å². The number of nitrogens with one attached hydrogen (secondary N) is 1. The number of hydrogen-bond acceptors (Lipinski definition) is 4. The van der Waals surface area contributed by atoms with E-state index in [1.54, 1.807) is 0 Å². The van der Waals surface area contributed by atoms with Crippen LogP contribution in [0.4, 0.5) is 5.69 Å². The number of terminal acetylenes is 1. The predicted molar refractivity (Wildman–Crippen MR) is 72.0 cm³/mol. The molecule has 0 heterocycles. The van der Waals surface area contributed by atoms with E-state index in [9.17, 15) is 19.7 Å². The number of rotatable bonds is 5. The van der Waals surface area contributed by atoms with Crippen molar-refractivity contribution < 1.29 is 14.5 Å². The molecule has 0 unspecified atom stereocenters. The van der Waals surface area contributed by atoms with Crippen LogP contribution in [0.25, 0.3) is 0 Å². The molecule has 1 atom stereocenters. The second-order valence-corrected chi connectivity index (χ2v) is 4.17. The highest BCUT2D eigenvalue weighted by Crippen LogP contribution is 2.24.